The Morgan fingerprint density at radius 3 is 2.89 bits per heavy atom. The summed E-state index contributed by atoms with van der Waals surface area (Å²) >= 11 is 0. The fourth-order valence-electron chi connectivity index (χ4n) is 2.00. The molecule has 1 heterocycles. The van der Waals surface area contributed by atoms with Gasteiger partial charge in [-0.1, -0.05) is 24.8 Å². The monoisotopic (exact) mass is 324 g/mol. The maximum atomic E-state index is 11.6. The molecule has 0 aliphatic carbocycles. The van der Waals surface area contributed by atoms with Crippen molar-refractivity contribution in [2.45, 2.75) is 20.0 Å². The third-order valence-electron chi connectivity index (χ3n) is 2.71. The average Bonchev–Trinajstić information content (AvgIpc) is 2.69. The van der Waals surface area contributed by atoms with E-state index >= 15 is 0 Å². The number of halogens is 1. The fourth-order valence-corrected chi connectivity index (χ4v) is 2.00. The Hall–Kier alpha value is -1.62. The van der Waals surface area contributed by atoms with Crippen LogP contribution >= 0.6 is 0 Å². The van der Waals surface area contributed by atoms with Crippen molar-refractivity contribution in [3.63, 3.8) is 0 Å². The summed E-state index contributed by atoms with van der Waals surface area (Å²) in [5, 5.41) is 0. The Morgan fingerprint density at radius 1 is 1.47 bits per heavy atom. The summed E-state index contributed by atoms with van der Waals surface area (Å²) in [5.74, 6) is -0.219. The van der Waals surface area contributed by atoms with E-state index in [9.17, 15) is 4.79 Å². The zero-order chi connectivity index (χ0) is 13.0. The highest BCUT2D eigenvalue weighted by Gasteiger charge is 2.17. The van der Waals surface area contributed by atoms with Gasteiger partial charge in [-0.2, -0.15) is 0 Å². The van der Waals surface area contributed by atoms with Crippen molar-refractivity contribution < 1.29 is 31.1 Å². The van der Waals surface area contributed by atoms with Crippen LogP contribution in [0.5, 0.6) is 0 Å². The summed E-state index contributed by atoms with van der Waals surface area (Å²) in [7, 11) is 0. The third kappa shape index (κ3) is 3.44. The zero-order valence-electron chi connectivity index (χ0n) is 10.9. The van der Waals surface area contributed by atoms with Gasteiger partial charge in [0.05, 0.1) is 6.61 Å². The number of rotatable bonds is 5. The maximum Gasteiger partial charge on any atom is 0.348 e. The molecule has 5 heteroatoms. The van der Waals surface area contributed by atoms with Crippen molar-refractivity contribution in [2.75, 3.05) is 6.61 Å². The Labute approximate surface area is 123 Å². The first-order valence-electron chi connectivity index (χ1n) is 6.00. The molecule has 0 saturated heterocycles. The van der Waals surface area contributed by atoms with Crippen molar-refractivity contribution in [1.82, 2.24) is 4.57 Å². The van der Waals surface area contributed by atoms with Gasteiger partial charge in [-0.3, -0.25) is 0 Å². The molecule has 102 valence electrons. The van der Waals surface area contributed by atoms with Crippen molar-refractivity contribution >= 4 is 17.0 Å². The minimum absolute atomic E-state index is 0. The molecule has 0 amide bonds. The van der Waals surface area contributed by atoms with E-state index in [4.69, 9.17) is 4.74 Å². The van der Waals surface area contributed by atoms with E-state index in [1.807, 2.05) is 48.2 Å². The number of para-hydroxylation sites is 2. The van der Waals surface area contributed by atoms with E-state index in [1.165, 1.54) is 0 Å². The number of carbonyl (C=O) groups is 1. The predicted molar refractivity (Wildman–Crippen MR) is 69.0 cm³/mol. The van der Waals surface area contributed by atoms with Crippen molar-refractivity contribution in [1.29, 1.82) is 0 Å². The van der Waals surface area contributed by atoms with Crippen LogP contribution in [0.15, 0.2) is 43.2 Å². The van der Waals surface area contributed by atoms with Crippen LogP contribution in [0.3, 0.4) is 0 Å². The lowest BCUT2D eigenvalue weighted by Crippen LogP contribution is -3.00. The number of benzene rings is 1. The number of nitrogens with zero attached hydrogens (tertiary/aromatic N) is 2. The summed E-state index contributed by atoms with van der Waals surface area (Å²) in [5.41, 5.74) is 2.11. The first-order chi connectivity index (χ1) is 8.76. The van der Waals surface area contributed by atoms with Gasteiger partial charge in [0.2, 0.25) is 6.33 Å². The van der Waals surface area contributed by atoms with Crippen LogP contribution < -0.4 is 21.5 Å². The van der Waals surface area contributed by atoms with Gasteiger partial charge in [0.25, 0.3) is 0 Å². The second-order valence-electron chi connectivity index (χ2n) is 3.98. The lowest BCUT2D eigenvalue weighted by Gasteiger charge is -1.98. The molecule has 0 aliphatic heterocycles. The largest absolute Gasteiger partial charge is 1.00 e. The number of carbonyl (C=O) groups excluding carboxylic acids is 1. The van der Waals surface area contributed by atoms with Crippen LogP contribution in [0.4, 0.5) is 0 Å². The number of fused-ring (bicyclic) bond motifs is 1. The minimum Gasteiger partial charge on any atom is -1.00 e. The molecule has 0 unspecified atom stereocenters. The second kappa shape index (κ2) is 7.09. The van der Waals surface area contributed by atoms with Crippen molar-refractivity contribution in [2.24, 2.45) is 0 Å². The van der Waals surface area contributed by atoms with Crippen LogP contribution in [0.2, 0.25) is 0 Å². The Kier molecular flexibility index (Phi) is 5.76. The van der Waals surface area contributed by atoms with Gasteiger partial charge in [0, 0.05) is 0 Å². The van der Waals surface area contributed by atoms with Gasteiger partial charge in [-0.15, -0.1) is 0 Å². The third-order valence-corrected chi connectivity index (χ3v) is 2.71. The van der Waals surface area contributed by atoms with Crippen LogP contribution in [0.25, 0.3) is 11.0 Å². The van der Waals surface area contributed by atoms with Crippen molar-refractivity contribution in [3.05, 3.63) is 43.2 Å². The van der Waals surface area contributed by atoms with E-state index in [0.29, 0.717) is 6.61 Å². The summed E-state index contributed by atoms with van der Waals surface area (Å²) in [6, 6.07) is 7.97. The number of hydrogen-bond acceptors (Lipinski definition) is 2. The SMILES string of the molecule is C=CCn1c[n+](CC(=O)OCC)c2ccccc21.[Br-]. The molecule has 0 saturated carbocycles. The van der Waals surface area contributed by atoms with E-state index < -0.39 is 0 Å². The number of ether oxygens (including phenoxy) is 1. The number of imidazole rings is 1. The normalized spacial score (nSPS) is 9.95. The number of hydrogen-bond donors (Lipinski definition) is 0. The molecular formula is C14H17BrN2O2. The predicted octanol–water partition coefficient (Wildman–Crippen LogP) is -1.32. The van der Waals surface area contributed by atoms with Crippen molar-refractivity contribution in [3.8, 4) is 0 Å². The molecular weight excluding hydrogens is 308 g/mol. The molecule has 19 heavy (non-hydrogen) atoms. The Bertz CT molecular complexity index is 578. The van der Waals surface area contributed by atoms with Crippen LogP contribution in [0.1, 0.15) is 6.92 Å². The molecule has 0 atom stereocenters. The molecule has 0 aliphatic rings. The first kappa shape index (κ1) is 15.4. The van der Waals surface area contributed by atoms with E-state index in [0.717, 1.165) is 17.6 Å². The van der Waals surface area contributed by atoms with Gasteiger partial charge in [-0.05, 0) is 19.1 Å². The lowest BCUT2D eigenvalue weighted by atomic mass is 10.3. The highest BCUT2D eigenvalue weighted by Crippen LogP contribution is 2.10. The smallest absolute Gasteiger partial charge is 0.348 e. The maximum absolute atomic E-state index is 11.6. The summed E-state index contributed by atoms with van der Waals surface area (Å²) < 4.78 is 8.93. The van der Waals surface area contributed by atoms with Gasteiger partial charge < -0.3 is 21.7 Å². The highest BCUT2D eigenvalue weighted by atomic mass is 79.9. The molecule has 0 fully saturated rings. The van der Waals surface area contributed by atoms with Crippen LogP contribution in [-0.2, 0) is 22.6 Å². The highest BCUT2D eigenvalue weighted by molar-refractivity contribution is 5.73. The Balaban J connectivity index is 0.00000180. The summed E-state index contributed by atoms with van der Waals surface area (Å²) in [6.07, 6.45) is 3.75. The number of allylic oxidation sites excluding steroid dienone is 1. The topological polar surface area (TPSA) is 35.1 Å². The van der Waals surface area contributed by atoms with Gasteiger partial charge in [-0.25, -0.2) is 13.9 Å². The molecule has 1 aromatic carbocycles. The van der Waals surface area contributed by atoms with Crippen LogP contribution in [0, 0.1) is 0 Å². The zero-order valence-corrected chi connectivity index (χ0v) is 12.5. The van der Waals surface area contributed by atoms with E-state index in [-0.39, 0.29) is 29.5 Å². The fraction of sp³-hybridized carbons (Fsp3) is 0.286. The van der Waals surface area contributed by atoms with E-state index in [2.05, 4.69) is 11.1 Å². The second-order valence-corrected chi connectivity index (χ2v) is 3.98. The van der Waals surface area contributed by atoms with Crippen LogP contribution in [-0.4, -0.2) is 17.1 Å². The quantitative estimate of drug-likeness (QED) is 0.388. The molecule has 1 aromatic heterocycles. The summed E-state index contributed by atoms with van der Waals surface area (Å²) in [4.78, 5) is 11.6. The molecule has 0 bridgehead atoms. The first-order valence-corrected chi connectivity index (χ1v) is 6.00. The Morgan fingerprint density at radius 2 is 2.21 bits per heavy atom. The molecule has 2 rings (SSSR count). The number of aromatic nitrogens is 2. The standard InChI is InChI=1S/C14H17N2O2.BrH/c1-3-9-15-11-16(10-14(17)18-4-2)13-8-6-5-7-12(13)15;/h3,5-8,11H,1,4,9-10H2,2H3;1H/q+1;/p-1. The molecule has 0 spiro atoms. The van der Waals surface area contributed by atoms with E-state index in [1.54, 1.807) is 0 Å². The molecule has 2 aromatic rings. The van der Waals surface area contributed by atoms with Gasteiger partial charge >= 0.3 is 5.97 Å². The lowest BCUT2D eigenvalue weighted by molar-refractivity contribution is -0.660. The minimum atomic E-state index is -0.219. The summed E-state index contributed by atoms with van der Waals surface area (Å²) in [6.45, 7) is 6.91. The molecule has 0 N–H and O–H groups in total. The molecule has 4 nitrogen and oxygen atoms in total. The molecule has 0 radical (unpaired) electrons. The van der Waals surface area contributed by atoms with Gasteiger partial charge in [0.15, 0.2) is 17.6 Å². The number of esters is 1. The van der Waals surface area contributed by atoms with Gasteiger partial charge in [0.1, 0.15) is 6.54 Å². The average molecular weight is 325 g/mol.